The topological polar surface area (TPSA) is 51.7 Å². The number of carbonyl (C=O) groups is 1. The Labute approximate surface area is 206 Å². The molecule has 0 radical (unpaired) electrons. The van der Waals surface area contributed by atoms with Crippen molar-refractivity contribution in [3.05, 3.63) is 36.5 Å². The van der Waals surface area contributed by atoms with E-state index in [2.05, 4.69) is 50.4 Å². The Bertz CT molecular complexity index is 857. The molecule has 3 fully saturated rings. The van der Waals surface area contributed by atoms with Crippen LogP contribution in [0.3, 0.4) is 0 Å². The maximum atomic E-state index is 12.7. The van der Waals surface area contributed by atoms with Crippen molar-refractivity contribution in [2.75, 3.05) is 55.8 Å². The van der Waals surface area contributed by atoms with E-state index in [0.717, 1.165) is 63.1 Å². The molecule has 1 N–H and O–H groups in total. The zero-order chi connectivity index (χ0) is 18.9. The Morgan fingerprint density at radius 2 is 1.81 bits per heavy atom. The van der Waals surface area contributed by atoms with Crippen LogP contribution in [0.2, 0.25) is 0 Å². The molecule has 31 heavy (non-hydrogen) atoms. The van der Waals surface area contributed by atoms with Crippen molar-refractivity contribution in [1.82, 2.24) is 20.1 Å². The number of hydrogen-bond acceptors (Lipinski definition) is 6. The number of nitrogens with one attached hydrogen (secondary N) is 1. The molecular weight excluding hydrogens is 477 g/mol. The number of carbonyl (C=O) groups excluding carboxylic acids is 1. The fourth-order valence-electron chi connectivity index (χ4n) is 4.65. The van der Waals surface area contributed by atoms with E-state index < -0.39 is 0 Å². The fraction of sp³-hybridized carbons (Fsp3) is 0.524. The van der Waals surface area contributed by atoms with Crippen LogP contribution in [0.25, 0.3) is 10.8 Å². The average molecular weight is 507 g/mol. The molecule has 4 heterocycles. The summed E-state index contributed by atoms with van der Waals surface area (Å²) in [5.74, 6) is 3.33. The maximum absolute atomic E-state index is 12.7. The molecule has 2 aromatic rings. The van der Waals surface area contributed by atoms with E-state index in [9.17, 15) is 4.79 Å². The van der Waals surface area contributed by atoms with Gasteiger partial charge in [-0.3, -0.25) is 9.69 Å². The van der Waals surface area contributed by atoms with Crippen molar-refractivity contribution in [2.45, 2.75) is 18.5 Å². The first kappa shape index (κ1) is 26.3. The van der Waals surface area contributed by atoms with Gasteiger partial charge in [-0.05, 0) is 17.9 Å². The summed E-state index contributed by atoms with van der Waals surface area (Å²) in [6.07, 6.45) is 2.85. The Kier molecular flexibility index (Phi) is 9.98. The van der Waals surface area contributed by atoms with E-state index in [0.29, 0.717) is 11.9 Å². The Morgan fingerprint density at radius 3 is 2.55 bits per heavy atom. The minimum absolute atomic E-state index is 0. The number of piperazine rings is 1. The van der Waals surface area contributed by atoms with E-state index in [1.165, 1.54) is 10.8 Å². The van der Waals surface area contributed by atoms with Crippen LogP contribution in [0, 0.1) is 0 Å². The monoisotopic (exact) mass is 505 g/mol. The molecule has 1 amide bonds. The van der Waals surface area contributed by atoms with Gasteiger partial charge in [0.2, 0.25) is 5.91 Å². The molecular formula is C21H30Cl3N5OS. The van der Waals surface area contributed by atoms with E-state index in [4.69, 9.17) is 0 Å². The van der Waals surface area contributed by atoms with Crippen molar-refractivity contribution >= 4 is 71.5 Å². The summed E-state index contributed by atoms with van der Waals surface area (Å²) >= 11 is 1.85. The molecule has 0 saturated carbocycles. The number of thioether (sulfide) groups is 1. The highest BCUT2D eigenvalue weighted by Crippen LogP contribution is 2.26. The number of nitrogens with zero attached hydrogens (tertiary/aromatic N) is 4. The lowest BCUT2D eigenvalue weighted by molar-refractivity contribution is -0.131. The molecule has 0 unspecified atom stereocenters. The predicted octanol–water partition coefficient (Wildman–Crippen LogP) is 2.89. The Balaban J connectivity index is 0.00000114. The smallest absolute Gasteiger partial charge is 0.240 e. The third-order valence-electron chi connectivity index (χ3n) is 6.25. The molecule has 3 saturated heterocycles. The summed E-state index contributed by atoms with van der Waals surface area (Å²) in [5.41, 5.74) is 0. The number of anilines is 1. The van der Waals surface area contributed by atoms with Crippen molar-refractivity contribution < 1.29 is 4.79 Å². The number of pyridine rings is 1. The number of amides is 1. The van der Waals surface area contributed by atoms with Gasteiger partial charge in [0.1, 0.15) is 5.82 Å². The van der Waals surface area contributed by atoms with E-state index in [1.807, 2.05) is 22.9 Å². The van der Waals surface area contributed by atoms with Crippen LogP contribution in [0.5, 0.6) is 0 Å². The molecule has 2 atom stereocenters. The first-order valence-corrected chi connectivity index (χ1v) is 11.4. The Hall–Kier alpha value is -0.960. The van der Waals surface area contributed by atoms with Crippen molar-refractivity contribution in [1.29, 1.82) is 0 Å². The number of rotatable bonds is 3. The number of benzene rings is 1. The zero-order valence-electron chi connectivity index (χ0n) is 17.3. The minimum atomic E-state index is 0. The van der Waals surface area contributed by atoms with Gasteiger partial charge in [0.25, 0.3) is 0 Å². The largest absolute Gasteiger partial charge is 0.354 e. The summed E-state index contributed by atoms with van der Waals surface area (Å²) in [6, 6.07) is 11.0. The average Bonchev–Trinajstić information content (AvgIpc) is 3.45. The molecule has 5 rings (SSSR count). The second kappa shape index (κ2) is 11.8. The Morgan fingerprint density at radius 1 is 1.03 bits per heavy atom. The molecule has 0 bridgehead atoms. The van der Waals surface area contributed by atoms with Gasteiger partial charge in [-0.15, -0.1) is 49.0 Å². The molecule has 1 aromatic carbocycles. The number of fused-ring (bicyclic) bond motifs is 1. The standard InChI is InChI=1S/C21H27N5OS.3ClH/c27-21(26-11-12-28-15-26)19-13-17(14-23-19)24-7-9-25(10-8-24)20-18-4-2-1-3-16(18)5-6-22-20;;;/h1-6,17,19,23H,7-15H2;3*1H/t17-,19-;;;/m0.../s1. The van der Waals surface area contributed by atoms with Gasteiger partial charge in [0.15, 0.2) is 0 Å². The third kappa shape index (κ3) is 5.52. The summed E-state index contributed by atoms with van der Waals surface area (Å²) in [6.45, 7) is 5.85. The number of aromatic nitrogens is 1. The molecule has 3 aliphatic heterocycles. The lowest BCUT2D eigenvalue weighted by Crippen LogP contribution is -2.51. The lowest BCUT2D eigenvalue weighted by Gasteiger charge is -2.38. The predicted molar refractivity (Wildman–Crippen MR) is 137 cm³/mol. The first-order valence-electron chi connectivity index (χ1n) is 10.2. The number of hydrogen-bond donors (Lipinski definition) is 1. The second-order valence-corrected chi connectivity index (χ2v) is 8.94. The highest BCUT2D eigenvalue weighted by atomic mass is 35.5. The van der Waals surface area contributed by atoms with Crippen LogP contribution in [0.4, 0.5) is 5.82 Å². The third-order valence-corrected chi connectivity index (χ3v) is 7.22. The SMILES string of the molecule is Cl.Cl.Cl.O=C([C@@H]1C[C@H](N2CCN(c3nccc4ccccc34)CC2)CN1)N1CCSC1. The van der Waals surface area contributed by atoms with Gasteiger partial charge in [0, 0.05) is 62.6 Å². The quantitative estimate of drug-likeness (QED) is 0.691. The van der Waals surface area contributed by atoms with Crippen molar-refractivity contribution in [2.24, 2.45) is 0 Å². The highest BCUT2D eigenvalue weighted by Gasteiger charge is 2.36. The zero-order valence-corrected chi connectivity index (χ0v) is 20.6. The van der Waals surface area contributed by atoms with Gasteiger partial charge in [-0.1, -0.05) is 24.3 Å². The lowest BCUT2D eigenvalue weighted by atomic mass is 10.1. The second-order valence-electron chi connectivity index (χ2n) is 7.87. The molecule has 172 valence electrons. The summed E-state index contributed by atoms with van der Waals surface area (Å²) in [5, 5.41) is 5.96. The molecule has 6 nitrogen and oxygen atoms in total. The summed E-state index contributed by atoms with van der Waals surface area (Å²) in [4.78, 5) is 24.3. The van der Waals surface area contributed by atoms with Crippen LogP contribution in [0.15, 0.2) is 36.5 Å². The van der Waals surface area contributed by atoms with Crippen LogP contribution in [-0.2, 0) is 4.79 Å². The van der Waals surface area contributed by atoms with Gasteiger partial charge >= 0.3 is 0 Å². The van der Waals surface area contributed by atoms with Gasteiger partial charge in [0.05, 0.1) is 11.9 Å². The highest BCUT2D eigenvalue weighted by molar-refractivity contribution is 7.99. The number of halogens is 3. The molecule has 3 aliphatic rings. The molecule has 10 heteroatoms. The van der Waals surface area contributed by atoms with E-state index in [1.54, 1.807) is 0 Å². The van der Waals surface area contributed by atoms with Crippen LogP contribution in [-0.4, -0.2) is 83.7 Å². The molecule has 1 aromatic heterocycles. The van der Waals surface area contributed by atoms with Crippen LogP contribution >= 0.6 is 49.0 Å². The minimum Gasteiger partial charge on any atom is -0.354 e. The van der Waals surface area contributed by atoms with Gasteiger partial charge in [-0.2, -0.15) is 0 Å². The van der Waals surface area contributed by atoms with Gasteiger partial charge < -0.3 is 15.1 Å². The molecule has 0 aliphatic carbocycles. The summed E-state index contributed by atoms with van der Waals surface area (Å²) in [7, 11) is 0. The fourth-order valence-corrected chi connectivity index (χ4v) is 5.60. The molecule has 0 spiro atoms. The first-order chi connectivity index (χ1) is 13.8. The van der Waals surface area contributed by atoms with E-state index in [-0.39, 0.29) is 43.3 Å². The summed E-state index contributed by atoms with van der Waals surface area (Å²) < 4.78 is 0. The van der Waals surface area contributed by atoms with Gasteiger partial charge in [-0.25, -0.2) is 4.98 Å². The van der Waals surface area contributed by atoms with Crippen molar-refractivity contribution in [3.63, 3.8) is 0 Å². The van der Waals surface area contributed by atoms with Crippen LogP contribution in [0.1, 0.15) is 6.42 Å². The van der Waals surface area contributed by atoms with Crippen molar-refractivity contribution in [3.8, 4) is 0 Å². The normalized spacial score (nSPS) is 23.7. The maximum Gasteiger partial charge on any atom is 0.240 e. The van der Waals surface area contributed by atoms with E-state index >= 15 is 0 Å². The van der Waals surface area contributed by atoms with Crippen LogP contribution < -0.4 is 10.2 Å².